The molecule has 2 heteroatoms. The average molecular weight is 521 g/mol. The second kappa shape index (κ2) is 26.8. The van der Waals surface area contributed by atoms with E-state index in [1.165, 1.54) is 121 Å². The van der Waals surface area contributed by atoms with E-state index < -0.39 is 0 Å². The molecule has 2 unspecified atom stereocenters. The molecule has 0 saturated heterocycles. The molecule has 0 radical (unpaired) electrons. The van der Waals surface area contributed by atoms with Crippen LogP contribution < -0.4 is 0 Å². The zero-order valence-corrected chi connectivity index (χ0v) is 26.4. The van der Waals surface area contributed by atoms with Crippen molar-refractivity contribution < 1.29 is 9.53 Å². The van der Waals surface area contributed by atoms with E-state index in [4.69, 9.17) is 4.74 Å². The molecule has 0 aliphatic heterocycles. The molecule has 0 N–H and O–H groups in total. The molecule has 0 amide bonds. The third-order valence-corrected chi connectivity index (χ3v) is 8.06. The molecule has 0 spiro atoms. The minimum atomic E-state index is -0.0282. The van der Waals surface area contributed by atoms with Gasteiger partial charge in [-0.1, -0.05) is 156 Å². The SMILES string of the molecule is CCCCCCCCCCCCCCCC(C)=CCOC(=O)CCCC(C)CCCC(C)CCC(C)C. The molecule has 220 valence electrons. The lowest BCUT2D eigenvalue weighted by Gasteiger charge is -2.15. The predicted octanol–water partition coefficient (Wildman–Crippen LogP) is 12.0. The van der Waals surface area contributed by atoms with Crippen molar-refractivity contribution in [1.82, 2.24) is 0 Å². The van der Waals surface area contributed by atoms with Gasteiger partial charge in [-0.3, -0.25) is 4.79 Å². The Morgan fingerprint density at radius 3 is 1.62 bits per heavy atom. The topological polar surface area (TPSA) is 26.3 Å². The normalized spacial score (nSPS) is 13.8. The van der Waals surface area contributed by atoms with Crippen molar-refractivity contribution in [1.29, 1.82) is 0 Å². The minimum absolute atomic E-state index is 0.0282. The molecule has 0 heterocycles. The zero-order valence-electron chi connectivity index (χ0n) is 26.4. The molecule has 0 aromatic carbocycles. The minimum Gasteiger partial charge on any atom is -0.461 e. The Morgan fingerprint density at radius 2 is 1.08 bits per heavy atom. The molecular weight excluding hydrogens is 452 g/mol. The van der Waals surface area contributed by atoms with Gasteiger partial charge in [0.15, 0.2) is 0 Å². The Hall–Kier alpha value is -0.790. The molecule has 0 bridgehead atoms. The van der Waals surface area contributed by atoms with Crippen LogP contribution in [0.3, 0.4) is 0 Å². The first-order valence-corrected chi connectivity index (χ1v) is 16.7. The number of ether oxygens (including phenoxy) is 1. The number of rotatable bonds is 27. The van der Waals surface area contributed by atoms with Crippen molar-refractivity contribution in [2.24, 2.45) is 17.8 Å². The van der Waals surface area contributed by atoms with Gasteiger partial charge >= 0.3 is 5.97 Å². The molecule has 0 saturated carbocycles. The number of unbranched alkanes of at least 4 members (excludes halogenated alkanes) is 12. The lowest BCUT2D eigenvalue weighted by Crippen LogP contribution is -2.06. The van der Waals surface area contributed by atoms with Crippen molar-refractivity contribution in [3.8, 4) is 0 Å². The van der Waals surface area contributed by atoms with Crippen LogP contribution in [0.5, 0.6) is 0 Å². The second-order valence-electron chi connectivity index (χ2n) is 12.7. The quantitative estimate of drug-likeness (QED) is 0.0611. The Balaban J connectivity index is 3.55. The van der Waals surface area contributed by atoms with Crippen molar-refractivity contribution >= 4 is 5.97 Å². The van der Waals surface area contributed by atoms with Crippen molar-refractivity contribution in [2.45, 2.75) is 183 Å². The lowest BCUT2D eigenvalue weighted by atomic mass is 9.91. The van der Waals surface area contributed by atoms with Gasteiger partial charge in [-0.05, 0) is 50.0 Å². The molecule has 0 fully saturated rings. The monoisotopic (exact) mass is 521 g/mol. The fourth-order valence-corrected chi connectivity index (χ4v) is 5.19. The summed E-state index contributed by atoms with van der Waals surface area (Å²) in [7, 11) is 0. The number of hydrogen-bond acceptors (Lipinski definition) is 2. The Kier molecular flexibility index (Phi) is 26.2. The van der Waals surface area contributed by atoms with Gasteiger partial charge in [0.1, 0.15) is 6.61 Å². The number of hydrogen-bond donors (Lipinski definition) is 0. The van der Waals surface area contributed by atoms with Crippen LogP contribution >= 0.6 is 0 Å². The number of esters is 1. The third kappa shape index (κ3) is 28.0. The van der Waals surface area contributed by atoms with Crippen molar-refractivity contribution in [3.05, 3.63) is 11.6 Å². The van der Waals surface area contributed by atoms with Crippen LogP contribution in [0, 0.1) is 17.8 Å². The van der Waals surface area contributed by atoms with Crippen molar-refractivity contribution in [2.75, 3.05) is 6.61 Å². The van der Waals surface area contributed by atoms with Gasteiger partial charge < -0.3 is 4.74 Å². The maximum absolute atomic E-state index is 12.1. The Bertz CT molecular complexity index is 521. The van der Waals surface area contributed by atoms with Crippen LogP contribution in [0.4, 0.5) is 0 Å². The number of allylic oxidation sites excluding steroid dienone is 1. The van der Waals surface area contributed by atoms with Gasteiger partial charge in [0.05, 0.1) is 0 Å². The van der Waals surface area contributed by atoms with E-state index in [-0.39, 0.29) is 5.97 Å². The maximum atomic E-state index is 12.1. The van der Waals surface area contributed by atoms with Crippen LogP contribution in [0.1, 0.15) is 183 Å². The lowest BCUT2D eigenvalue weighted by molar-refractivity contribution is -0.142. The van der Waals surface area contributed by atoms with Gasteiger partial charge in [0.2, 0.25) is 0 Å². The van der Waals surface area contributed by atoms with Crippen LogP contribution in [0.2, 0.25) is 0 Å². The fraction of sp³-hybridized carbons (Fsp3) is 0.914. The van der Waals surface area contributed by atoms with E-state index in [1.807, 2.05) is 0 Å². The van der Waals surface area contributed by atoms with Gasteiger partial charge in [0.25, 0.3) is 0 Å². The van der Waals surface area contributed by atoms with Crippen LogP contribution in [0.25, 0.3) is 0 Å². The summed E-state index contributed by atoms with van der Waals surface area (Å²) in [5, 5.41) is 0. The van der Waals surface area contributed by atoms with Crippen LogP contribution in [-0.2, 0) is 9.53 Å². The van der Waals surface area contributed by atoms with Gasteiger partial charge in [-0.15, -0.1) is 0 Å². The Morgan fingerprint density at radius 1 is 0.595 bits per heavy atom. The van der Waals surface area contributed by atoms with Gasteiger partial charge in [-0.25, -0.2) is 0 Å². The molecule has 0 aliphatic carbocycles. The first-order valence-electron chi connectivity index (χ1n) is 16.7. The summed E-state index contributed by atoms with van der Waals surface area (Å²) >= 11 is 0. The summed E-state index contributed by atoms with van der Waals surface area (Å²) in [5.41, 5.74) is 1.37. The summed E-state index contributed by atoms with van der Waals surface area (Å²) in [6.07, 6.45) is 30.8. The highest BCUT2D eigenvalue weighted by atomic mass is 16.5. The summed E-state index contributed by atoms with van der Waals surface area (Å²) in [6, 6.07) is 0. The molecule has 0 aromatic heterocycles. The summed E-state index contributed by atoms with van der Waals surface area (Å²) in [5.74, 6) is 2.36. The molecule has 0 rings (SSSR count). The highest BCUT2D eigenvalue weighted by molar-refractivity contribution is 5.69. The molecule has 0 aliphatic rings. The van der Waals surface area contributed by atoms with E-state index in [0.717, 1.165) is 31.1 Å². The molecule has 0 aromatic rings. The highest BCUT2D eigenvalue weighted by Crippen LogP contribution is 2.21. The first kappa shape index (κ1) is 36.2. The maximum Gasteiger partial charge on any atom is 0.306 e. The summed E-state index contributed by atoms with van der Waals surface area (Å²) in [4.78, 5) is 12.1. The van der Waals surface area contributed by atoms with Gasteiger partial charge in [0, 0.05) is 6.42 Å². The standard InChI is InChI=1S/C35H68O2/c1-7-8-9-10-11-12-13-14-15-16-17-18-19-22-34(6)29-30-37-35(36)26-21-25-32(4)23-20-24-33(5)28-27-31(2)3/h29,31-33H,7-28,30H2,1-6H3. The largest absolute Gasteiger partial charge is 0.461 e. The highest BCUT2D eigenvalue weighted by Gasteiger charge is 2.08. The van der Waals surface area contributed by atoms with E-state index in [9.17, 15) is 4.79 Å². The van der Waals surface area contributed by atoms with E-state index in [2.05, 4.69) is 47.6 Å². The second-order valence-corrected chi connectivity index (χ2v) is 12.7. The fourth-order valence-electron chi connectivity index (χ4n) is 5.19. The Labute approximate surface area is 234 Å². The van der Waals surface area contributed by atoms with E-state index in [1.54, 1.807) is 0 Å². The van der Waals surface area contributed by atoms with Crippen molar-refractivity contribution in [3.63, 3.8) is 0 Å². The average Bonchev–Trinajstić information content (AvgIpc) is 2.85. The molecule has 2 atom stereocenters. The summed E-state index contributed by atoms with van der Waals surface area (Å²) < 4.78 is 5.46. The zero-order chi connectivity index (χ0) is 27.6. The predicted molar refractivity (Wildman–Crippen MR) is 165 cm³/mol. The van der Waals surface area contributed by atoms with E-state index in [0.29, 0.717) is 18.9 Å². The van der Waals surface area contributed by atoms with Crippen LogP contribution in [-0.4, -0.2) is 12.6 Å². The molecule has 37 heavy (non-hydrogen) atoms. The molecule has 2 nitrogen and oxygen atoms in total. The van der Waals surface area contributed by atoms with Gasteiger partial charge in [-0.2, -0.15) is 0 Å². The smallest absolute Gasteiger partial charge is 0.306 e. The molecular formula is C35H68O2. The number of carbonyl (C=O) groups excluding carboxylic acids is 1. The number of carbonyl (C=O) groups is 1. The third-order valence-electron chi connectivity index (χ3n) is 8.06. The van der Waals surface area contributed by atoms with E-state index >= 15 is 0 Å². The summed E-state index contributed by atoms with van der Waals surface area (Å²) in [6.45, 7) is 14.3. The first-order chi connectivity index (χ1) is 17.8. The van der Waals surface area contributed by atoms with Crippen LogP contribution in [0.15, 0.2) is 11.6 Å².